The zero-order valence-electron chi connectivity index (χ0n) is 12.8. The number of halogens is 1. The predicted octanol–water partition coefficient (Wildman–Crippen LogP) is 2.80. The molecule has 1 saturated heterocycles. The Bertz CT molecular complexity index is 450. The van der Waals surface area contributed by atoms with E-state index >= 15 is 0 Å². The molecule has 0 bridgehead atoms. The summed E-state index contributed by atoms with van der Waals surface area (Å²) in [6.07, 6.45) is 3.38. The van der Waals surface area contributed by atoms with Gasteiger partial charge in [-0.3, -0.25) is 9.69 Å². The molecule has 1 unspecified atom stereocenters. The number of carbonyl (C=O) groups is 2. The van der Waals surface area contributed by atoms with Gasteiger partial charge >= 0.3 is 6.09 Å². The molecule has 2 aliphatic rings. The average Bonchev–Trinajstić information content (AvgIpc) is 2.36. The van der Waals surface area contributed by atoms with Crippen molar-refractivity contribution in [1.82, 2.24) is 10.2 Å². The number of hydrogen-bond donors (Lipinski definition) is 1. The highest BCUT2D eigenvalue weighted by atomic mass is 79.9. The van der Waals surface area contributed by atoms with Crippen molar-refractivity contribution in [2.24, 2.45) is 5.92 Å². The lowest BCUT2D eigenvalue weighted by Crippen LogP contribution is -2.46. The van der Waals surface area contributed by atoms with E-state index in [1.165, 1.54) is 0 Å². The quantitative estimate of drug-likeness (QED) is 0.578. The number of nitrogens with zero attached hydrogens (tertiary/aromatic N) is 1. The number of ether oxygens (including phenoxy) is 1. The fourth-order valence-corrected chi connectivity index (χ4v) is 3.40. The van der Waals surface area contributed by atoms with E-state index in [-0.39, 0.29) is 29.2 Å². The third-order valence-electron chi connectivity index (χ3n) is 3.58. The van der Waals surface area contributed by atoms with E-state index < -0.39 is 5.60 Å². The molecule has 0 radical (unpaired) electrons. The van der Waals surface area contributed by atoms with Gasteiger partial charge in [-0.1, -0.05) is 15.9 Å². The van der Waals surface area contributed by atoms with Gasteiger partial charge in [0.2, 0.25) is 0 Å². The van der Waals surface area contributed by atoms with Gasteiger partial charge in [-0.05, 0) is 46.7 Å². The first kappa shape index (κ1) is 16.5. The lowest BCUT2D eigenvalue weighted by Gasteiger charge is -2.38. The van der Waals surface area contributed by atoms with Crippen LogP contribution >= 0.6 is 15.9 Å². The molecule has 0 aromatic heterocycles. The molecule has 1 N–H and O–H groups in total. The minimum Gasteiger partial charge on any atom is -0.443 e. The van der Waals surface area contributed by atoms with Crippen LogP contribution in [0.1, 0.15) is 40.0 Å². The van der Waals surface area contributed by atoms with Gasteiger partial charge in [0.05, 0.1) is 0 Å². The van der Waals surface area contributed by atoms with Gasteiger partial charge in [0.25, 0.3) is 0 Å². The maximum Gasteiger partial charge on any atom is 0.415 e. The van der Waals surface area contributed by atoms with Gasteiger partial charge in [-0.2, -0.15) is 0 Å². The van der Waals surface area contributed by atoms with Gasteiger partial charge in [0.1, 0.15) is 10.6 Å². The summed E-state index contributed by atoms with van der Waals surface area (Å²) in [6.45, 7) is 7.35. The van der Waals surface area contributed by atoms with Gasteiger partial charge in [0.15, 0.2) is 5.78 Å². The van der Waals surface area contributed by atoms with E-state index in [0.717, 1.165) is 31.6 Å². The number of allylic oxidation sites excluding steroid dienone is 2. The molecule has 2 heterocycles. The molecule has 2 aliphatic heterocycles. The first-order chi connectivity index (χ1) is 9.78. The molecule has 2 rings (SSSR count). The topological polar surface area (TPSA) is 58.6 Å². The number of alkyl halides is 1. The third kappa shape index (κ3) is 4.30. The van der Waals surface area contributed by atoms with Crippen molar-refractivity contribution in [2.75, 3.05) is 13.1 Å². The lowest BCUT2D eigenvalue weighted by molar-refractivity contribution is -0.115. The number of piperidine rings is 1. The Kier molecular flexibility index (Phi) is 5.09. The number of amides is 1. The van der Waals surface area contributed by atoms with Crippen molar-refractivity contribution >= 4 is 27.8 Å². The maximum absolute atomic E-state index is 12.5. The molecule has 1 fully saturated rings. The van der Waals surface area contributed by atoms with E-state index in [1.54, 1.807) is 11.0 Å². The van der Waals surface area contributed by atoms with Gasteiger partial charge < -0.3 is 10.1 Å². The van der Waals surface area contributed by atoms with E-state index in [9.17, 15) is 9.59 Å². The third-order valence-corrected chi connectivity index (χ3v) is 4.32. The van der Waals surface area contributed by atoms with Crippen LogP contribution in [-0.2, 0) is 9.53 Å². The molecule has 0 saturated carbocycles. The first-order valence-corrected chi connectivity index (χ1v) is 8.31. The Morgan fingerprint density at radius 3 is 2.57 bits per heavy atom. The number of nitrogens with one attached hydrogen (secondary N) is 1. The van der Waals surface area contributed by atoms with Gasteiger partial charge in [0, 0.05) is 24.1 Å². The molecule has 1 amide bonds. The number of hydrogen-bond acceptors (Lipinski definition) is 4. The van der Waals surface area contributed by atoms with Crippen LogP contribution in [0.25, 0.3) is 0 Å². The van der Waals surface area contributed by atoms with Crippen molar-refractivity contribution in [3.8, 4) is 0 Å². The monoisotopic (exact) mass is 358 g/mol. The van der Waals surface area contributed by atoms with Crippen LogP contribution < -0.4 is 5.32 Å². The van der Waals surface area contributed by atoms with E-state index in [1.807, 2.05) is 20.8 Å². The molecule has 21 heavy (non-hydrogen) atoms. The van der Waals surface area contributed by atoms with Gasteiger partial charge in [-0.15, -0.1) is 0 Å². The predicted molar refractivity (Wildman–Crippen MR) is 84.1 cm³/mol. The highest BCUT2D eigenvalue weighted by molar-refractivity contribution is 9.09. The minimum atomic E-state index is -0.551. The zero-order valence-corrected chi connectivity index (χ0v) is 14.4. The normalized spacial score (nSPS) is 24.8. The molecular formula is C15H23BrN2O3. The van der Waals surface area contributed by atoms with Crippen molar-refractivity contribution in [3.05, 3.63) is 11.8 Å². The van der Waals surface area contributed by atoms with E-state index in [0.29, 0.717) is 0 Å². The Morgan fingerprint density at radius 1 is 1.38 bits per heavy atom. The fourth-order valence-electron chi connectivity index (χ4n) is 2.68. The maximum atomic E-state index is 12.5. The standard InChI is InChI=1S/C15H23BrN2O3/c1-15(2,3)21-14(20)18-12(8-11(19)9-13(18)16)10-4-6-17-7-5-10/h8,10,13,17H,4-7,9H2,1-3H3. The van der Waals surface area contributed by atoms with Gasteiger partial charge in [-0.25, -0.2) is 4.79 Å². The van der Waals surface area contributed by atoms with E-state index in [4.69, 9.17) is 4.74 Å². The fraction of sp³-hybridized carbons (Fsp3) is 0.733. The number of carbonyl (C=O) groups excluding carboxylic acids is 2. The Balaban J connectivity index is 2.23. The molecule has 118 valence electrons. The van der Waals surface area contributed by atoms with Crippen molar-refractivity contribution in [2.45, 2.75) is 50.6 Å². The van der Waals surface area contributed by atoms with Crippen molar-refractivity contribution in [1.29, 1.82) is 0 Å². The smallest absolute Gasteiger partial charge is 0.415 e. The van der Waals surface area contributed by atoms with Crippen LogP contribution in [0.15, 0.2) is 11.8 Å². The largest absolute Gasteiger partial charge is 0.443 e. The van der Waals surface area contributed by atoms with Crippen LogP contribution in [0.2, 0.25) is 0 Å². The molecule has 0 aromatic rings. The van der Waals surface area contributed by atoms with Crippen LogP contribution in [0.3, 0.4) is 0 Å². The Labute approximate surface area is 134 Å². The molecule has 0 aliphatic carbocycles. The Morgan fingerprint density at radius 2 is 2.00 bits per heavy atom. The summed E-state index contributed by atoms with van der Waals surface area (Å²) in [6, 6.07) is 0. The van der Waals surface area contributed by atoms with Crippen LogP contribution in [0.5, 0.6) is 0 Å². The number of ketones is 1. The Hall–Kier alpha value is -0.880. The lowest BCUT2D eigenvalue weighted by atomic mass is 9.91. The molecule has 6 heteroatoms. The highest BCUT2D eigenvalue weighted by Gasteiger charge is 2.37. The summed E-state index contributed by atoms with van der Waals surface area (Å²) in [5.41, 5.74) is 0.244. The summed E-state index contributed by atoms with van der Waals surface area (Å²) in [4.78, 5) is 25.7. The summed E-state index contributed by atoms with van der Waals surface area (Å²) < 4.78 is 5.49. The first-order valence-electron chi connectivity index (χ1n) is 7.39. The second-order valence-electron chi connectivity index (χ2n) is 6.55. The van der Waals surface area contributed by atoms with Crippen molar-refractivity contribution in [3.63, 3.8) is 0 Å². The minimum absolute atomic E-state index is 0.0604. The van der Waals surface area contributed by atoms with E-state index in [2.05, 4.69) is 21.2 Å². The summed E-state index contributed by atoms with van der Waals surface area (Å²) in [5.74, 6) is 0.285. The average molecular weight is 359 g/mol. The molecular weight excluding hydrogens is 336 g/mol. The van der Waals surface area contributed by atoms with Crippen LogP contribution in [0.4, 0.5) is 4.79 Å². The second-order valence-corrected chi connectivity index (χ2v) is 7.61. The van der Waals surface area contributed by atoms with Crippen LogP contribution in [0, 0.1) is 5.92 Å². The summed E-state index contributed by atoms with van der Waals surface area (Å²) >= 11 is 3.46. The molecule has 5 nitrogen and oxygen atoms in total. The highest BCUT2D eigenvalue weighted by Crippen LogP contribution is 2.33. The van der Waals surface area contributed by atoms with Crippen LogP contribution in [-0.4, -0.2) is 40.4 Å². The molecule has 0 spiro atoms. The second kappa shape index (κ2) is 6.48. The zero-order chi connectivity index (χ0) is 15.6. The number of rotatable bonds is 1. The SMILES string of the molecule is CC(C)(C)OC(=O)N1C(C2CCNCC2)=CC(=O)CC1Br. The summed E-state index contributed by atoms with van der Waals surface area (Å²) in [7, 11) is 0. The molecule has 1 atom stereocenters. The van der Waals surface area contributed by atoms with Crippen molar-refractivity contribution < 1.29 is 14.3 Å². The summed E-state index contributed by atoms with van der Waals surface area (Å²) in [5, 5.41) is 3.30. The molecule has 0 aromatic carbocycles.